The van der Waals surface area contributed by atoms with Gasteiger partial charge in [0.1, 0.15) is 0 Å². The van der Waals surface area contributed by atoms with Gasteiger partial charge in [0, 0.05) is 4.88 Å². The lowest BCUT2D eigenvalue weighted by Crippen LogP contribution is -2.44. The van der Waals surface area contributed by atoms with Gasteiger partial charge in [-0.3, -0.25) is 0 Å². The van der Waals surface area contributed by atoms with Crippen molar-refractivity contribution < 1.29 is 4.52 Å². The van der Waals surface area contributed by atoms with E-state index in [9.17, 15) is 0 Å². The molecule has 0 saturated heterocycles. The molecule has 2 aromatic rings. The van der Waals surface area contributed by atoms with Crippen molar-refractivity contribution in [2.45, 2.75) is 37.6 Å². The summed E-state index contributed by atoms with van der Waals surface area (Å²) in [5.41, 5.74) is 5.84. The van der Waals surface area contributed by atoms with Crippen LogP contribution in [-0.4, -0.2) is 10.1 Å². The maximum absolute atomic E-state index is 6.17. The third kappa shape index (κ3) is 1.79. The van der Waals surface area contributed by atoms with E-state index in [0.717, 1.165) is 19.3 Å². The fraction of sp³-hybridized carbons (Fsp3) is 0.500. The second-order valence-corrected chi connectivity index (χ2v) is 5.68. The van der Waals surface area contributed by atoms with Crippen molar-refractivity contribution in [1.82, 2.24) is 10.1 Å². The zero-order valence-corrected chi connectivity index (χ0v) is 10.5. The molecule has 2 N–H and O–H groups in total. The zero-order chi connectivity index (χ0) is 11.9. The van der Waals surface area contributed by atoms with Crippen molar-refractivity contribution in [2.24, 2.45) is 5.73 Å². The predicted octanol–water partition coefficient (Wildman–Crippen LogP) is 2.62. The topological polar surface area (TPSA) is 64.9 Å². The molecule has 1 aliphatic carbocycles. The Labute approximate surface area is 104 Å². The summed E-state index contributed by atoms with van der Waals surface area (Å²) in [6.45, 7) is 2.08. The first-order chi connectivity index (χ1) is 8.19. The molecule has 2 heterocycles. The fourth-order valence-electron chi connectivity index (χ4n) is 2.05. The number of hydrogen-bond donors (Lipinski definition) is 1. The van der Waals surface area contributed by atoms with Crippen LogP contribution in [0.5, 0.6) is 0 Å². The lowest BCUT2D eigenvalue weighted by molar-refractivity contribution is 0.228. The molecule has 1 saturated carbocycles. The Hall–Kier alpha value is -1.20. The van der Waals surface area contributed by atoms with Crippen molar-refractivity contribution in [2.75, 3.05) is 0 Å². The van der Waals surface area contributed by atoms with E-state index in [1.165, 1.54) is 4.88 Å². The first-order valence-corrected chi connectivity index (χ1v) is 6.73. The molecule has 3 rings (SSSR count). The van der Waals surface area contributed by atoms with Gasteiger partial charge in [0.25, 0.3) is 0 Å². The third-order valence-corrected chi connectivity index (χ3v) is 4.53. The van der Waals surface area contributed by atoms with E-state index in [-0.39, 0.29) is 11.5 Å². The van der Waals surface area contributed by atoms with Crippen LogP contribution < -0.4 is 5.73 Å². The number of thiophene rings is 1. The van der Waals surface area contributed by atoms with Gasteiger partial charge in [-0.25, -0.2) is 0 Å². The molecule has 0 aliphatic heterocycles. The molecule has 1 unspecified atom stereocenters. The Morgan fingerprint density at radius 1 is 1.53 bits per heavy atom. The summed E-state index contributed by atoms with van der Waals surface area (Å²) in [7, 11) is 0. The standard InChI is InChI=1S/C12H15N3OS/c1-8(9-4-2-7-17-9)10-14-11(15-16-10)12(13)5-3-6-12/h2,4,7-8H,3,5-6,13H2,1H3. The van der Waals surface area contributed by atoms with Crippen LogP contribution in [0.2, 0.25) is 0 Å². The Morgan fingerprint density at radius 3 is 2.94 bits per heavy atom. The van der Waals surface area contributed by atoms with Crippen molar-refractivity contribution in [3.8, 4) is 0 Å². The highest BCUT2D eigenvalue weighted by atomic mass is 32.1. The number of aromatic nitrogens is 2. The van der Waals surface area contributed by atoms with Gasteiger partial charge in [0.05, 0.1) is 11.5 Å². The summed E-state index contributed by atoms with van der Waals surface area (Å²) in [6.07, 6.45) is 3.07. The van der Waals surface area contributed by atoms with Crippen LogP contribution in [0.4, 0.5) is 0 Å². The molecule has 17 heavy (non-hydrogen) atoms. The minimum absolute atomic E-state index is 0.153. The molecule has 1 fully saturated rings. The van der Waals surface area contributed by atoms with Crippen LogP contribution in [-0.2, 0) is 5.54 Å². The van der Waals surface area contributed by atoms with E-state index in [1.54, 1.807) is 11.3 Å². The SMILES string of the molecule is CC(c1nc(C2(N)CCC2)no1)c1cccs1. The third-order valence-electron chi connectivity index (χ3n) is 3.47. The molecule has 5 heteroatoms. The second kappa shape index (κ2) is 3.92. The summed E-state index contributed by atoms with van der Waals surface area (Å²) < 4.78 is 5.34. The summed E-state index contributed by atoms with van der Waals surface area (Å²) in [6, 6.07) is 4.12. The van der Waals surface area contributed by atoms with Crippen LogP contribution in [0, 0.1) is 0 Å². The van der Waals surface area contributed by atoms with E-state index in [2.05, 4.69) is 28.5 Å². The van der Waals surface area contributed by atoms with Crippen LogP contribution in [0.3, 0.4) is 0 Å². The number of hydrogen-bond acceptors (Lipinski definition) is 5. The molecule has 1 atom stereocenters. The van der Waals surface area contributed by atoms with Crippen molar-refractivity contribution in [3.05, 3.63) is 34.1 Å². The normalized spacial score (nSPS) is 19.9. The van der Waals surface area contributed by atoms with Gasteiger partial charge in [-0.1, -0.05) is 11.2 Å². The Bertz CT molecular complexity index is 502. The highest BCUT2D eigenvalue weighted by Crippen LogP contribution is 2.37. The van der Waals surface area contributed by atoms with E-state index in [1.807, 2.05) is 6.07 Å². The summed E-state index contributed by atoms with van der Waals surface area (Å²) >= 11 is 1.70. The lowest BCUT2D eigenvalue weighted by atomic mass is 9.77. The second-order valence-electron chi connectivity index (χ2n) is 4.70. The molecular formula is C12H15N3OS. The predicted molar refractivity (Wildman–Crippen MR) is 65.9 cm³/mol. The van der Waals surface area contributed by atoms with Gasteiger partial charge in [-0.15, -0.1) is 11.3 Å². The van der Waals surface area contributed by atoms with E-state index < -0.39 is 0 Å². The lowest BCUT2D eigenvalue weighted by Gasteiger charge is -2.34. The van der Waals surface area contributed by atoms with Gasteiger partial charge in [0.2, 0.25) is 5.89 Å². The molecule has 90 valence electrons. The monoisotopic (exact) mass is 249 g/mol. The van der Waals surface area contributed by atoms with Gasteiger partial charge < -0.3 is 10.3 Å². The molecule has 4 nitrogen and oxygen atoms in total. The van der Waals surface area contributed by atoms with Crippen molar-refractivity contribution in [3.63, 3.8) is 0 Å². The van der Waals surface area contributed by atoms with Crippen LogP contribution in [0.1, 0.15) is 48.7 Å². The Balaban J connectivity index is 1.85. The number of rotatable bonds is 3. The highest BCUT2D eigenvalue weighted by molar-refractivity contribution is 7.10. The molecule has 1 aliphatic rings. The smallest absolute Gasteiger partial charge is 0.234 e. The van der Waals surface area contributed by atoms with Crippen LogP contribution >= 0.6 is 11.3 Å². The minimum atomic E-state index is -0.336. The molecule has 0 spiro atoms. The summed E-state index contributed by atoms with van der Waals surface area (Å²) in [5.74, 6) is 1.49. The van der Waals surface area contributed by atoms with Crippen molar-refractivity contribution >= 4 is 11.3 Å². The summed E-state index contributed by atoms with van der Waals surface area (Å²) in [4.78, 5) is 5.70. The quantitative estimate of drug-likeness (QED) is 0.908. The van der Waals surface area contributed by atoms with Gasteiger partial charge >= 0.3 is 0 Å². The maximum Gasteiger partial charge on any atom is 0.234 e. The Kier molecular flexibility index (Phi) is 2.52. The van der Waals surface area contributed by atoms with Gasteiger partial charge in [-0.05, 0) is 37.6 Å². The molecular weight excluding hydrogens is 234 g/mol. The van der Waals surface area contributed by atoms with Crippen LogP contribution in [0.25, 0.3) is 0 Å². The Morgan fingerprint density at radius 2 is 2.35 bits per heavy atom. The first-order valence-electron chi connectivity index (χ1n) is 5.85. The first kappa shape index (κ1) is 10.9. The van der Waals surface area contributed by atoms with E-state index in [4.69, 9.17) is 10.3 Å². The highest BCUT2D eigenvalue weighted by Gasteiger charge is 2.39. The number of nitrogens with zero attached hydrogens (tertiary/aromatic N) is 2. The average Bonchev–Trinajstić information content (AvgIpc) is 2.95. The molecule has 0 bridgehead atoms. The zero-order valence-electron chi connectivity index (χ0n) is 9.72. The van der Waals surface area contributed by atoms with E-state index in [0.29, 0.717) is 11.7 Å². The molecule has 0 radical (unpaired) electrons. The fourth-order valence-corrected chi connectivity index (χ4v) is 2.83. The molecule has 0 amide bonds. The summed E-state index contributed by atoms with van der Waals surface area (Å²) in [5, 5.41) is 6.09. The minimum Gasteiger partial charge on any atom is -0.339 e. The molecule has 2 aromatic heterocycles. The van der Waals surface area contributed by atoms with E-state index >= 15 is 0 Å². The average molecular weight is 249 g/mol. The van der Waals surface area contributed by atoms with Gasteiger partial charge in [0.15, 0.2) is 5.82 Å². The van der Waals surface area contributed by atoms with Gasteiger partial charge in [-0.2, -0.15) is 4.98 Å². The maximum atomic E-state index is 6.17. The van der Waals surface area contributed by atoms with Crippen LogP contribution in [0.15, 0.2) is 22.0 Å². The van der Waals surface area contributed by atoms with Crippen molar-refractivity contribution in [1.29, 1.82) is 0 Å². The number of nitrogens with two attached hydrogens (primary N) is 1. The molecule has 0 aromatic carbocycles. The largest absolute Gasteiger partial charge is 0.339 e.